The molecular weight excluding hydrogens is 1240 g/mol. The normalized spacial score (nSPS) is 12.3. The van der Waals surface area contributed by atoms with Crippen molar-refractivity contribution in [2.75, 3.05) is 0 Å². The van der Waals surface area contributed by atoms with Crippen LogP contribution in [0.25, 0.3) is 221 Å². The quantitative estimate of drug-likeness (QED) is 0.152. The van der Waals surface area contributed by atoms with E-state index in [1.54, 1.807) is 0 Å². The van der Waals surface area contributed by atoms with Crippen LogP contribution in [0.5, 0.6) is 0 Å². The van der Waals surface area contributed by atoms with Gasteiger partial charge in [0.1, 0.15) is 0 Å². The Balaban J connectivity index is 0.615. The van der Waals surface area contributed by atoms with Crippen molar-refractivity contribution in [2.24, 2.45) is 0 Å². The molecular formula is C96H56N6. The molecule has 6 heteroatoms. The molecule has 0 radical (unpaired) electrons. The Morgan fingerprint density at radius 2 is 0.510 bits per heavy atom. The second-order valence-corrected chi connectivity index (χ2v) is 27.5. The van der Waals surface area contributed by atoms with Crippen molar-refractivity contribution < 1.29 is 0 Å². The zero-order valence-electron chi connectivity index (χ0n) is 55.0. The van der Waals surface area contributed by atoms with Crippen molar-refractivity contribution in [1.82, 2.24) is 28.2 Å². The minimum Gasteiger partial charge on any atom is -0.309 e. The van der Waals surface area contributed by atoms with Gasteiger partial charge in [-0.3, -0.25) is 9.97 Å². The van der Waals surface area contributed by atoms with Crippen LogP contribution in [0.2, 0.25) is 0 Å². The summed E-state index contributed by atoms with van der Waals surface area (Å²) in [6, 6.07) is 121. The summed E-state index contributed by atoms with van der Waals surface area (Å²) in [4.78, 5) is 10.4. The van der Waals surface area contributed by atoms with E-state index in [1.165, 1.54) is 148 Å². The van der Waals surface area contributed by atoms with Crippen molar-refractivity contribution >= 4 is 109 Å². The minimum absolute atomic E-state index is 1.01. The van der Waals surface area contributed by atoms with Crippen molar-refractivity contribution in [3.8, 4) is 112 Å². The molecule has 0 saturated carbocycles. The standard InChI is InChI=1S/C96H56N6/c1-4-16-64(17-5-1)99-84-26-14-12-24-71(84)79-51-59(30-40-86(79)99)60-32-42-88-82(54-60)83-55-63(34-44-89(83)100(88)65-18-6-2-7-19-65)67-37-38-75-78-50-57(28-35-70(78)77-46-48-97-95(67)93(75)77)58-31-41-87-81(52-58)73-36-29-62(56-92(73)101(87)66-20-8-3-9-21-66)61-33-43-90-80(53-61)72-25-13-15-27-85(72)102(90)91-45-39-74-68-22-10-11-23-69(68)76-47-49-98-96(91)94(74)76/h1-56H. The summed E-state index contributed by atoms with van der Waals surface area (Å²) in [5, 5.41) is 12.1. The van der Waals surface area contributed by atoms with Gasteiger partial charge >= 0.3 is 0 Å². The Hall–Kier alpha value is -13.7. The highest BCUT2D eigenvalue weighted by Gasteiger charge is 2.28. The fourth-order valence-corrected chi connectivity index (χ4v) is 17.8. The molecule has 6 aromatic heterocycles. The summed E-state index contributed by atoms with van der Waals surface area (Å²) in [7, 11) is 0. The summed E-state index contributed by atoms with van der Waals surface area (Å²) in [5.74, 6) is 0. The van der Waals surface area contributed by atoms with Gasteiger partial charge in [0.2, 0.25) is 0 Å². The fourth-order valence-electron chi connectivity index (χ4n) is 17.8. The molecule has 0 unspecified atom stereocenters. The summed E-state index contributed by atoms with van der Waals surface area (Å²) < 4.78 is 9.67. The molecule has 0 spiro atoms. The van der Waals surface area contributed by atoms with Gasteiger partial charge in [-0.15, -0.1) is 0 Å². The van der Waals surface area contributed by atoms with Gasteiger partial charge in [0.15, 0.2) is 0 Å². The SMILES string of the molecule is c1ccc(-n2c3ccccc3c3cc(-c4ccc5c(c4)c4cc(-c6ccc7c8c(ccnc68)-c6ccc(-c8ccc9c(c8)c8ccc(-c%10ccc%11c(c%10)c%10ccccc%10n%11-c%10ccc%11c%12c(ccnc%10%12)-c%10ccccc%10-%11)cc8n9-c8ccccc8)cc6-7)ccc4n5-c4ccccc4)ccc32)cc1. The van der Waals surface area contributed by atoms with E-state index in [9.17, 15) is 0 Å². The van der Waals surface area contributed by atoms with E-state index < -0.39 is 0 Å². The number of pyridine rings is 2. The highest BCUT2D eigenvalue weighted by Crippen LogP contribution is 2.53. The monoisotopic (exact) mass is 1290 g/mol. The lowest BCUT2D eigenvalue weighted by Gasteiger charge is -2.13. The topological polar surface area (TPSA) is 45.5 Å². The van der Waals surface area contributed by atoms with E-state index in [4.69, 9.17) is 9.97 Å². The average Bonchev–Trinajstić information content (AvgIpc) is 1.59. The van der Waals surface area contributed by atoms with E-state index in [1.807, 2.05) is 12.4 Å². The van der Waals surface area contributed by atoms with Crippen LogP contribution in [0, 0.1) is 0 Å². The third-order valence-corrected chi connectivity index (χ3v) is 22.3. The van der Waals surface area contributed by atoms with Crippen LogP contribution in [-0.4, -0.2) is 28.2 Å². The highest BCUT2D eigenvalue weighted by molar-refractivity contribution is 6.22. The second kappa shape index (κ2) is 20.9. The molecule has 0 saturated heterocycles. The molecule has 0 N–H and O–H groups in total. The van der Waals surface area contributed by atoms with Crippen LogP contribution in [0.15, 0.2) is 340 Å². The van der Waals surface area contributed by atoms with E-state index in [-0.39, 0.29) is 0 Å². The molecule has 23 rings (SSSR count). The molecule has 102 heavy (non-hydrogen) atoms. The largest absolute Gasteiger partial charge is 0.309 e. The van der Waals surface area contributed by atoms with Crippen LogP contribution in [-0.2, 0) is 0 Å². The van der Waals surface area contributed by atoms with Gasteiger partial charge in [-0.1, -0.05) is 188 Å². The van der Waals surface area contributed by atoms with Gasteiger partial charge in [0, 0.05) is 88.9 Å². The first-order chi connectivity index (χ1) is 50.6. The van der Waals surface area contributed by atoms with Crippen molar-refractivity contribution in [3.63, 3.8) is 0 Å². The maximum atomic E-state index is 5.26. The number of hydrogen-bond acceptors (Lipinski definition) is 2. The molecule has 0 aliphatic heterocycles. The van der Waals surface area contributed by atoms with Crippen molar-refractivity contribution in [1.29, 1.82) is 0 Å². The molecule has 21 aromatic rings. The molecule has 2 aliphatic rings. The van der Waals surface area contributed by atoms with Gasteiger partial charge in [-0.25, -0.2) is 0 Å². The molecule has 470 valence electrons. The van der Waals surface area contributed by atoms with Gasteiger partial charge in [-0.2, -0.15) is 0 Å². The van der Waals surface area contributed by atoms with Crippen LogP contribution in [0.4, 0.5) is 0 Å². The first-order valence-electron chi connectivity index (χ1n) is 35.1. The third kappa shape index (κ3) is 7.77. The zero-order valence-corrected chi connectivity index (χ0v) is 55.0. The minimum atomic E-state index is 1.01. The Morgan fingerprint density at radius 3 is 1.07 bits per heavy atom. The first kappa shape index (κ1) is 55.3. The van der Waals surface area contributed by atoms with Gasteiger partial charge in [0.25, 0.3) is 0 Å². The van der Waals surface area contributed by atoms with Gasteiger partial charge < -0.3 is 18.3 Å². The Morgan fingerprint density at radius 1 is 0.176 bits per heavy atom. The molecule has 0 fully saturated rings. The highest BCUT2D eigenvalue weighted by atomic mass is 15.0. The number of fused-ring (bicyclic) bond motifs is 18. The molecule has 2 aliphatic carbocycles. The van der Waals surface area contributed by atoms with E-state index >= 15 is 0 Å². The number of hydrogen-bond donors (Lipinski definition) is 0. The predicted octanol–water partition coefficient (Wildman–Crippen LogP) is 25.1. The van der Waals surface area contributed by atoms with Crippen molar-refractivity contribution in [2.45, 2.75) is 0 Å². The molecule has 6 nitrogen and oxygen atoms in total. The smallest absolute Gasteiger partial charge is 0.0954 e. The lowest BCUT2D eigenvalue weighted by molar-refractivity contribution is 1.18. The van der Waals surface area contributed by atoms with Crippen LogP contribution < -0.4 is 0 Å². The number of rotatable bonds is 8. The molecule has 0 bridgehead atoms. The molecule has 15 aromatic carbocycles. The third-order valence-electron chi connectivity index (χ3n) is 22.3. The maximum absolute atomic E-state index is 5.26. The average molecular weight is 1290 g/mol. The Kier molecular flexibility index (Phi) is 11.4. The molecule has 0 amide bonds. The zero-order chi connectivity index (χ0) is 66.4. The summed E-state index contributed by atoms with van der Waals surface area (Å²) >= 11 is 0. The van der Waals surface area contributed by atoms with Crippen LogP contribution in [0.1, 0.15) is 0 Å². The first-order valence-corrected chi connectivity index (χ1v) is 35.1. The lowest BCUT2D eigenvalue weighted by atomic mass is 9.95. The van der Waals surface area contributed by atoms with Crippen LogP contribution in [0.3, 0.4) is 0 Å². The summed E-state index contributed by atoms with van der Waals surface area (Å²) in [6.07, 6.45) is 3.97. The second-order valence-electron chi connectivity index (χ2n) is 27.5. The van der Waals surface area contributed by atoms with Gasteiger partial charge in [-0.05, 0) is 223 Å². The lowest BCUT2D eigenvalue weighted by Crippen LogP contribution is -1.97. The Bertz CT molecular complexity index is 7200. The van der Waals surface area contributed by atoms with E-state index in [0.29, 0.717) is 0 Å². The number of benzene rings is 15. The van der Waals surface area contributed by atoms with E-state index in [0.717, 1.165) is 72.5 Å². The molecule has 0 atom stereocenters. The van der Waals surface area contributed by atoms with Crippen molar-refractivity contribution in [3.05, 3.63) is 340 Å². The van der Waals surface area contributed by atoms with Gasteiger partial charge in [0.05, 0.1) is 60.9 Å². The number of para-hydroxylation sites is 5. The Labute approximate surface area is 585 Å². The molecule has 6 heterocycles. The number of aromatic nitrogens is 6. The van der Waals surface area contributed by atoms with Crippen LogP contribution >= 0.6 is 0 Å². The maximum Gasteiger partial charge on any atom is 0.0954 e. The van der Waals surface area contributed by atoms with E-state index in [2.05, 4.69) is 346 Å². The summed E-state index contributed by atoms with van der Waals surface area (Å²) in [6.45, 7) is 0. The predicted molar refractivity (Wildman–Crippen MR) is 425 cm³/mol. The summed E-state index contributed by atoms with van der Waals surface area (Å²) in [5.41, 5.74) is 35.1. The number of nitrogens with zero attached hydrogens (tertiary/aromatic N) is 6. The fraction of sp³-hybridized carbons (Fsp3) is 0.